The predicted octanol–water partition coefficient (Wildman–Crippen LogP) is 2.19. The van der Waals surface area contributed by atoms with Gasteiger partial charge in [-0.05, 0) is 57.2 Å². The third-order valence-corrected chi connectivity index (χ3v) is 6.62. The fourth-order valence-corrected chi connectivity index (χ4v) is 4.52. The normalized spacial score (nSPS) is 21.5. The number of nitrogens with two attached hydrogens (primary N) is 1. The number of hydrogen-bond donors (Lipinski definition) is 1. The van der Waals surface area contributed by atoms with E-state index in [0.29, 0.717) is 24.7 Å². The van der Waals surface area contributed by atoms with Gasteiger partial charge in [0.25, 0.3) is 0 Å². The van der Waals surface area contributed by atoms with Crippen LogP contribution in [0, 0.1) is 0 Å². The van der Waals surface area contributed by atoms with Crippen molar-refractivity contribution in [3.05, 3.63) is 29.8 Å². The number of ether oxygens (including phenoxy) is 1. The summed E-state index contributed by atoms with van der Waals surface area (Å²) in [5.74, 6) is 0.0941. The Morgan fingerprint density at radius 3 is 2.21 bits per heavy atom. The molecule has 1 aromatic carbocycles. The van der Waals surface area contributed by atoms with Crippen LogP contribution in [-0.4, -0.2) is 55.8 Å². The standard InChI is InChI=1S/C20H29N3O5S/c1-20(2,3)28-19(25)22-10-8-15(9-11-22)14-4-6-16(7-5-14)23-13-17(12-18(23)24)29(21,26)27/h4-7,15,17H,8-13H2,1-3H3,(H2,21,26,27). The third kappa shape index (κ3) is 5.27. The molecule has 1 aromatic rings. The van der Waals surface area contributed by atoms with Crippen LogP contribution in [0.2, 0.25) is 0 Å². The summed E-state index contributed by atoms with van der Waals surface area (Å²) >= 11 is 0. The van der Waals surface area contributed by atoms with E-state index < -0.39 is 20.9 Å². The quantitative estimate of drug-likeness (QED) is 0.801. The van der Waals surface area contributed by atoms with Gasteiger partial charge >= 0.3 is 6.09 Å². The number of carbonyl (C=O) groups excluding carboxylic acids is 2. The Balaban J connectivity index is 1.59. The molecule has 8 nitrogen and oxygen atoms in total. The summed E-state index contributed by atoms with van der Waals surface area (Å²) in [7, 11) is -3.73. The molecule has 2 aliphatic rings. The average molecular weight is 424 g/mol. The van der Waals surface area contributed by atoms with Gasteiger partial charge in [-0.15, -0.1) is 0 Å². The molecule has 2 fully saturated rings. The molecule has 160 valence electrons. The third-order valence-electron chi connectivity index (χ3n) is 5.38. The number of anilines is 1. The molecule has 2 N–H and O–H groups in total. The van der Waals surface area contributed by atoms with Crippen molar-refractivity contribution in [2.24, 2.45) is 5.14 Å². The van der Waals surface area contributed by atoms with Crippen molar-refractivity contribution < 1.29 is 22.7 Å². The van der Waals surface area contributed by atoms with Gasteiger partial charge in [-0.2, -0.15) is 0 Å². The van der Waals surface area contributed by atoms with Gasteiger partial charge in [-0.1, -0.05) is 12.1 Å². The number of sulfonamides is 1. The molecule has 3 rings (SSSR count). The maximum absolute atomic E-state index is 12.2. The van der Waals surface area contributed by atoms with Gasteiger partial charge in [-0.25, -0.2) is 18.4 Å². The first-order valence-corrected chi connectivity index (χ1v) is 11.4. The SMILES string of the molecule is CC(C)(C)OC(=O)N1CCC(c2ccc(N3CC(S(N)(=O)=O)CC3=O)cc2)CC1. The number of piperidine rings is 1. The number of carbonyl (C=O) groups is 2. The Morgan fingerprint density at radius 2 is 1.72 bits per heavy atom. The lowest BCUT2D eigenvalue weighted by Crippen LogP contribution is -2.41. The average Bonchev–Trinajstić information content (AvgIpc) is 3.03. The molecule has 0 aliphatic carbocycles. The zero-order valence-corrected chi connectivity index (χ0v) is 17.9. The summed E-state index contributed by atoms with van der Waals surface area (Å²) in [6.07, 6.45) is 1.33. The Kier molecular flexibility index (Phi) is 5.91. The molecule has 1 atom stereocenters. The zero-order chi connectivity index (χ0) is 21.4. The highest BCUT2D eigenvalue weighted by atomic mass is 32.2. The highest BCUT2D eigenvalue weighted by Crippen LogP contribution is 2.31. The molecule has 2 heterocycles. The Labute approximate surface area is 172 Å². The highest BCUT2D eigenvalue weighted by Gasteiger charge is 2.37. The number of benzene rings is 1. The minimum atomic E-state index is -3.73. The summed E-state index contributed by atoms with van der Waals surface area (Å²) in [6.45, 7) is 6.94. The molecule has 0 saturated carbocycles. The second kappa shape index (κ2) is 7.95. The fraction of sp³-hybridized carbons (Fsp3) is 0.600. The van der Waals surface area contributed by atoms with E-state index in [1.54, 1.807) is 4.90 Å². The van der Waals surface area contributed by atoms with Crippen LogP contribution in [0.3, 0.4) is 0 Å². The second-order valence-electron chi connectivity index (χ2n) is 8.75. The molecular weight excluding hydrogens is 394 g/mol. The first kappa shape index (κ1) is 21.6. The van der Waals surface area contributed by atoms with Crippen LogP contribution in [-0.2, 0) is 19.6 Å². The molecule has 0 aromatic heterocycles. The van der Waals surface area contributed by atoms with Gasteiger partial charge in [0.15, 0.2) is 0 Å². The van der Waals surface area contributed by atoms with Crippen molar-refractivity contribution in [3.63, 3.8) is 0 Å². The molecule has 29 heavy (non-hydrogen) atoms. The second-order valence-corrected chi connectivity index (χ2v) is 10.6. The van der Waals surface area contributed by atoms with E-state index in [1.807, 2.05) is 45.0 Å². The molecular formula is C20H29N3O5S. The van der Waals surface area contributed by atoms with Crippen LogP contribution in [0.25, 0.3) is 0 Å². The number of nitrogens with zero attached hydrogens (tertiary/aromatic N) is 2. The maximum Gasteiger partial charge on any atom is 0.410 e. The molecule has 2 aliphatic heterocycles. The van der Waals surface area contributed by atoms with E-state index in [0.717, 1.165) is 18.4 Å². The van der Waals surface area contributed by atoms with E-state index in [4.69, 9.17) is 9.88 Å². The van der Waals surface area contributed by atoms with Crippen molar-refractivity contribution >= 4 is 27.7 Å². The van der Waals surface area contributed by atoms with Gasteiger partial charge in [0.1, 0.15) is 10.9 Å². The van der Waals surface area contributed by atoms with E-state index in [-0.39, 0.29) is 25.0 Å². The number of hydrogen-bond acceptors (Lipinski definition) is 5. The van der Waals surface area contributed by atoms with Crippen molar-refractivity contribution in [2.75, 3.05) is 24.5 Å². The number of amides is 2. The lowest BCUT2D eigenvalue weighted by molar-refractivity contribution is -0.117. The molecule has 1 unspecified atom stereocenters. The van der Waals surface area contributed by atoms with Crippen molar-refractivity contribution in [1.29, 1.82) is 0 Å². The van der Waals surface area contributed by atoms with E-state index >= 15 is 0 Å². The Bertz CT molecular complexity index is 868. The summed E-state index contributed by atoms with van der Waals surface area (Å²) in [6, 6.07) is 7.64. The van der Waals surface area contributed by atoms with Gasteiger partial charge in [0.2, 0.25) is 15.9 Å². The summed E-state index contributed by atoms with van der Waals surface area (Å²) in [5, 5.41) is 4.33. The first-order valence-electron chi connectivity index (χ1n) is 9.84. The molecule has 2 amide bonds. The van der Waals surface area contributed by atoms with Crippen LogP contribution in [0.4, 0.5) is 10.5 Å². The van der Waals surface area contributed by atoms with Gasteiger partial charge in [-0.3, -0.25) is 4.79 Å². The summed E-state index contributed by atoms with van der Waals surface area (Å²) in [5.41, 5.74) is 1.32. The molecule has 0 bridgehead atoms. The number of rotatable bonds is 3. The summed E-state index contributed by atoms with van der Waals surface area (Å²) in [4.78, 5) is 27.6. The largest absolute Gasteiger partial charge is 0.444 e. The molecule has 9 heteroatoms. The molecule has 2 saturated heterocycles. The first-order chi connectivity index (χ1) is 13.4. The van der Waals surface area contributed by atoms with Gasteiger partial charge < -0.3 is 14.5 Å². The predicted molar refractivity (Wildman–Crippen MR) is 110 cm³/mol. The maximum atomic E-state index is 12.2. The molecule has 0 radical (unpaired) electrons. The fourth-order valence-electron chi connectivity index (χ4n) is 3.79. The van der Waals surface area contributed by atoms with E-state index in [9.17, 15) is 18.0 Å². The topological polar surface area (TPSA) is 110 Å². The number of primary sulfonamides is 1. The lowest BCUT2D eigenvalue weighted by Gasteiger charge is -2.33. The highest BCUT2D eigenvalue weighted by molar-refractivity contribution is 7.89. The minimum Gasteiger partial charge on any atom is -0.444 e. The zero-order valence-electron chi connectivity index (χ0n) is 17.1. The van der Waals surface area contributed by atoms with Crippen LogP contribution in [0.1, 0.15) is 51.5 Å². The van der Waals surface area contributed by atoms with Gasteiger partial charge in [0, 0.05) is 31.7 Å². The van der Waals surface area contributed by atoms with E-state index in [1.165, 1.54) is 4.90 Å². The summed E-state index contributed by atoms with van der Waals surface area (Å²) < 4.78 is 28.5. The van der Waals surface area contributed by atoms with Crippen LogP contribution in [0.15, 0.2) is 24.3 Å². The monoisotopic (exact) mass is 423 g/mol. The lowest BCUT2D eigenvalue weighted by atomic mass is 9.89. The Hall–Kier alpha value is -2.13. The van der Waals surface area contributed by atoms with Crippen molar-refractivity contribution in [3.8, 4) is 0 Å². The van der Waals surface area contributed by atoms with Crippen LogP contribution >= 0.6 is 0 Å². The van der Waals surface area contributed by atoms with Crippen molar-refractivity contribution in [1.82, 2.24) is 4.90 Å². The van der Waals surface area contributed by atoms with Gasteiger partial charge in [0.05, 0.1) is 0 Å². The minimum absolute atomic E-state index is 0.0797. The van der Waals surface area contributed by atoms with E-state index in [2.05, 4.69) is 0 Å². The van der Waals surface area contributed by atoms with Crippen molar-refractivity contribution in [2.45, 2.75) is 56.8 Å². The smallest absolute Gasteiger partial charge is 0.410 e. The van der Waals surface area contributed by atoms with Crippen LogP contribution < -0.4 is 10.0 Å². The number of likely N-dealkylation sites (tertiary alicyclic amines) is 1. The molecule has 0 spiro atoms. The van der Waals surface area contributed by atoms with Crippen LogP contribution in [0.5, 0.6) is 0 Å². The Morgan fingerprint density at radius 1 is 1.14 bits per heavy atom.